The molecular weight excluding hydrogens is 518 g/mol. The van der Waals surface area contributed by atoms with Gasteiger partial charge < -0.3 is 25.7 Å². The number of aromatic amines is 1. The summed E-state index contributed by atoms with van der Waals surface area (Å²) in [4.78, 5) is 42.5. The number of hydrogen-bond acceptors (Lipinski definition) is 5. The Morgan fingerprint density at radius 1 is 0.854 bits per heavy atom. The van der Waals surface area contributed by atoms with E-state index in [-0.39, 0.29) is 23.4 Å². The van der Waals surface area contributed by atoms with Crippen LogP contribution >= 0.6 is 0 Å². The lowest BCUT2D eigenvalue weighted by molar-refractivity contribution is -0.118. The largest absolute Gasteiger partial charge is 0.379 e. The first-order chi connectivity index (χ1) is 19.7. The molecule has 4 N–H and O–H groups in total. The van der Waals surface area contributed by atoms with E-state index in [2.05, 4.69) is 41.7 Å². The number of urea groups is 1. The number of aromatic nitrogens is 1. The molecule has 1 aliphatic heterocycles. The number of rotatable bonds is 6. The zero-order valence-electron chi connectivity index (χ0n) is 23.5. The summed E-state index contributed by atoms with van der Waals surface area (Å²) in [5.74, 6) is -0.150. The topological polar surface area (TPSA) is 116 Å². The van der Waals surface area contributed by atoms with Crippen molar-refractivity contribution in [1.29, 1.82) is 0 Å². The average molecular weight is 554 g/mol. The van der Waals surface area contributed by atoms with Gasteiger partial charge in [0.25, 0.3) is 0 Å². The molecule has 3 amide bonds. The summed E-state index contributed by atoms with van der Waals surface area (Å²) in [6, 6.07) is 20.1. The normalized spacial score (nSPS) is 14.0. The Bertz CT molecular complexity index is 1610. The Balaban J connectivity index is 1.38. The maximum atomic E-state index is 13.3. The Morgan fingerprint density at radius 3 is 2.27 bits per heavy atom. The van der Waals surface area contributed by atoms with E-state index in [9.17, 15) is 14.4 Å². The fraction of sp³-hybridized carbons (Fsp3) is 0.281. The molecule has 212 valence electrons. The SMILES string of the molecule is CC(C)(C)c1ccc(NC(=O)CN2CCOCC2)c(NC(=O)Nc2ccc(-c3ccc(=O)[nH]c3)c3ccccc23)c1. The number of nitrogens with zero attached hydrogens (tertiary/aromatic N) is 1. The van der Waals surface area contributed by atoms with Gasteiger partial charge in [-0.3, -0.25) is 14.5 Å². The fourth-order valence-electron chi connectivity index (χ4n) is 4.89. The average Bonchev–Trinajstić information content (AvgIpc) is 2.95. The van der Waals surface area contributed by atoms with E-state index in [1.54, 1.807) is 12.3 Å². The van der Waals surface area contributed by atoms with Crippen LogP contribution in [0.3, 0.4) is 0 Å². The number of morpholine rings is 1. The van der Waals surface area contributed by atoms with E-state index in [4.69, 9.17) is 4.74 Å². The number of pyridine rings is 1. The molecule has 0 radical (unpaired) electrons. The van der Waals surface area contributed by atoms with E-state index < -0.39 is 6.03 Å². The molecule has 1 aliphatic rings. The van der Waals surface area contributed by atoms with Crippen LogP contribution in [0, 0.1) is 0 Å². The van der Waals surface area contributed by atoms with Crippen LogP contribution in [0.15, 0.2) is 77.7 Å². The zero-order valence-corrected chi connectivity index (χ0v) is 23.5. The molecule has 0 unspecified atom stereocenters. The van der Waals surface area contributed by atoms with Gasteiger partial charge in [-0.1, -0.05) is 57.2 Å². The molecule has 5 rings (SSSR count). The molecule has 1 fully saturated rings. The minimum Gasteiger partial charge on any atom is -0.379 e. The van der Waals surface area contributed by atoms with Crippen LogP contribution in [0.25, 0.3) is 21.9 Å². The number of carbonyl (C=O) groups excluding carboxylic acids is 2. The highest BCUT2D eigenvalue weighted by atomic mass is 16.5. The lowest BCUT2D eigenvalue weighted by Crippen LogP contribution is -2.41. The molecule has 4 aromatic rings. The molecule has 1 saturated heterocycles. The summed E-state index contributed by atoms with van der Waals surface area (Å²) >= 11 is 0. The fourth-order valence-corrected chi connectivity index (χ4v) is 4.89. The number of amides is 3. The van der Waals surface area contributed by atoms with Gasteiger partial charge in [-0.25, -0.2) is 4.79 Å². The number of ether oxygens (including phenoxy) is 1. The van der Waals surface area contributed by atoms with Crippen molar-refractivity contribution < 1.29 is 14.3 Å². The number of nitrogens with one attached hydrogen (secondary N) is 4. The smallest absolute Gasteiger partial charge is 0.323 e. The minimum atomic E-state index is -0.429. The quantitative estimate of drug-likeness (QED) is 0.255. The summed E-state index contributed by atoms with van der Waals surface area (Å²) in [6.07, 6.45) is 1.68. The van der Waals surface area contributed by atoms with Gasteiger partial charge in [0, 0.05) is 30.7 Å². The zero-order chi connectivity index (χ0) is 29.0. The molecular formula is C32H35N5O4. The van der Waals surface area contributed by atoms with E-state index >= 15 is 0 Å². The van der Waals surface area contributed by atoms with Gasteiger partial charge in [-0.2, -0.15) is 0 Å². The van der Waals surface area contributed by atoms with Crippen LogP contribution in [-0.2, 0) is 14.9 Å². The Hall–Kier alpha value is -4.47. The van der Waals surface area contributed by atoms with Crippen LogP contribution in [0.1, 0.15) is 26.3 Å². The van der Waals surface area contributed by atoms with Crippen molar-refractivity contribution in [2.24, 2.45) is 0 Å². The molecule has 9 heteroatoms. The second-order valence-electron chi connectivity index (χ2n) is 11.2. The second-order valence-corrected chi connectivity index (χ2v) is 11.2. The first kappa shape index (κ1) is 28.1. The predicted molar refractivity (Wildman–Crippen MR) is 164 cm³/mol. The highest BCUT2D eigenvalue weighted by molar-refractivity contribution is 6.11. The van der Waals surface area contributed by atoms with Gasteiger partial charge in [-0.15, -0.1) is 0 Å². The van der Waals surface area contributed by atoms with E-state index in [0.717, 1.165) is 27.5 Å². The summed E-state index contributed by atoms with van der Waals surface area (Å²) in [6.45, 7) is 9.18. The number of benzene rings is 3. The van der Waals surface area contributed by atoms with Crippen molar-refractivity contribution >= 4 is 39.8 Å². The van der Waals surface area contributed by atoms with Crippen molar-refractivity contribution in [3.05, 3.63) is 88.8 Å². The first-order valence-electron chi connectivity index (χ1n) is 13.7. The van der Waals surface area contributed by atoms with Gasteiger partial charge in [0.05, 0.1) is 36.8 Å². The Labute approximate surface area is 238 Å². The summed E-state index contributed by atoms with van der Waals surface area (Å²) < 4.78 is 5.38. The third-order valence-corrected chi connectivity index (χ3v) is 7.15. The van der Waals surface area contributed by atoms with Gasteiger partial charge in [0.15, 0.2) is 0 Å². The molecule has 9 nitrogen and oxygen atoms in total. The van der Waals surface area contributed by atoms with Crippen molar-refractivity contribution in [3.8, 4) is 11.1 Å². The molecule has 1 aromatic heterocycles. The van der Waals surface area contributed by atoms with E-state index in [1.807, 2.05) is 59.5 Å². The Morgan fingerprint density at radius 2 is 1.56 bits per heavy atom. The van der Waals surface area contributed by atoms with Crippen LogP contribution in [0.2, 0.25) is 0 Å². The molecule has 0 bridgehead atoms. The number of H-pyrrole nitrogens is 1. The van der Waals surface area contributed by atoms with Gasteiger partial charge >= 0.3 is 6.03 Å². The maximum Gasteiger partial charge on any atom is 0.323 e. The number of anilines is 3. The van der Waals surface area contributed by atoms with Crippen LogP contribution in [0.4, 0.5) is 21.9 Å². The van der Waals surface area contributed by atoms with Gasteiger partial charge in [0.2, 0.25) is 11.5 Å². The lowest BCUT2D eigenvalue weighted by Gasteiger charge is -2.26. The molecule has 0 spiro atoms. The number of hydrogen-bond donors (Lipinski definition) is 4. The lowest BCUT2D eigenvalue weighted by atomic mass is 9.86. The summed E-state index contributed by atoms with van der Waals surface area (Å²) in [5, 5.41) is 10.7. The Kier molecular flexibility index (Phi) is 8.19. The van der Waals surface area contributed by atoms with Crippen molar-refractivity contribution in [2.45, 2.75) is 26.2 Å². The summed E-state index contributed by atoms with van der Waals surface area (Å²) in [5.41, 5.74) is 4.19. The molecule has 2 heterocycles. The third kappa shape index (κ3) is 6.82. The molecule has 3 aromatic carbocycles. The van der Waals surface area contributed by atoms with E-state index in [0.29, 0.717) is 43.4 Å². The van der Waals surface area contributed by atoms with Crippen LogP contribution in [-0.4, -0.2) is 54.7 Å². The summed E-state index contributed by atoms with van der Waals surface area (Å²) in [7, 11) is 0. The van der Waals surface area contributed by atoms with E-state index in [1.165, 1.54) is 6.07 Å². The molecule has 0 aliphatic carbocycles. The van der Waals surface area contributed by atoms with Crippen LogP contribution < -0.4 is 21.5 Å². The molecule has 0 atom stereocenters. The minimum absolute atomic E-state index is 0.150. The number of carbonyl (C=O) groups is 2. The van der Waals surface area contributed by atoms with Crippen LogP contribution in [0.5, 0.6) is 0 Å². The standard InChI is InChI=1S/C32H35N5O4/c1-32(2,3)22-9-11-27(34-30(39)20-37-14-16-41-17-15-37)28(18-22)36-31(40)35-26-12-10-23(21-8-13-29(38)33-19-21)24-6-4-5-7-25(24)26/h4-13,18-19H,14-17,20H2,1-3H3,(H,33,38)(H,34,39)(H2,35,36,40). The van der Waals surface area contributed by atoms with Gasteiger partial charge in [0.1, 0.15) is 0 Å². The van der Waals surface area contributed by atoms with Gasteiger partial charge in [-0.05, 0) is 51.8 Å². The maximum absolute atomic E-state index is 13.3. The predicted octanol–water partition coefficient (Wildman–Crippen LogP) is 5.41. The van der Waals surface area contributed by atoms with Crippen molar-refractivity contribution in [3.63, 3.8) is 0 Å². The first-order valence-corrected chi connectivity index (χ1v) is 13.7. The highest BCUT2D eigenvalue weighted by Crippen LogP contribution is 2.34. The van der Waals surface area contributed by atoms with Crippen molar-refractivity contribution in [2.75, 3.05) is 48.8 Å². The van der Waals surface area contributed by atoms with Crippen molar-refractivity contribution in [1.82, 2.24) is 9.88 Å². The second kappa shape index (κ2) is 12.0. The monoisotopic (exact) mass is 553 g/mol. The highest BCUT2D eigenvalue weighted by Gasteiger charge is 2.20. The third-order valence-electron chi connectivity index (χ3n) is 7.15. The molecule has 0 saturated carbocycles. The number of fused-ring (bicyclic) bond motifs is 1. The molecule has 41 heavy (non-hydrogen) atoms.